The van der Waals surface area contributed by atoms with Gasteiger partial charge in [-0.05, 0) is 48.5 Å². The largest absolute Gasteiger partial charge is 0.495 e. The first kappa shape index (κ1) is 18.8. The fourth-order valence-corrected chi connectivity index (χ4v) is 3.19. The van der Waals surface area contributed by atoms with Gasteiger partial charge < -0.3 is 19.2 Å². The number of para-hydroxylation sites is 2. The lowest BCUT2D eigenvalue weighted by Gasteiger charge is -2.12. The normalized spacial score (nSPS) is 10.7. The van der Waals surface area contributed by atoms with Crippen LogP contribution in [0.15, 0.2) is 65.1 Å². The maximum Gasteiger partial charge on any atom is 0.255 e. The molecule has 0 aliphatic heterocycles. The number of aromatic nitrogens is 1. The summed E-state index contributed by atoms with van der Waals surface area (Å²) in [6, 6.07) is 17.7. The Labute approximate surface area is 172 Å². The number of amides is 1. The molecule has 6 nitrogen and oxygen atoms in total. The molecule has 0 radical (unpaired) electrons. The summed E-state index contributed by atoms with van der Waals surface area (Å²) in [5.41, 5.74) is 3.05. The molecule has 1 heterocycles. The van der Waals surface area contributed by atoms with Crippen molar-refractivity contribution in [3.63, 3.8) is 0 Å². The van der Waals surface area contributed by atoms with Gasteiger partial charge in [0.05, 0.1) is 24.9 Å². The zero-order valence-corrected chi connectivity index (χ0v) is 16.5. The lowest BCUT2D eigenvalue weighted by Crippen LogP contribution is -2.12. The number of carbonyl (C=O) groups is 1. The minimum atomic E-state index is -0.331. The number of ether oxygens (including phenoxy) is 2. The first-order valence-electron chi connectivity index (χ1n) is 8.78. The molecule has 0 atom stereocenters. The first-order valence-corrected chi connectivity index (χ1v) is 9.15. The minimum absolute atomic E-state index is 0.331. The molecule has 0 unspecified atom stereocenters. The predicted octanol–water partition coefficient (Wildman–Crippen LogP) is 5.42. The third-order valence-corrected chi connectivity index (χ3v) is 4.70. The van der Waals surface area contributed by atoms with Crippen LogP contribution in [0, 0.1) is 0 Å². The van der Waals surface area contributed by atoms with Gasteiger partial charge in [-0.15, -0.1) is 0 Å². The number of rotatable bonds is 5. The van der Waals surface area contributed by atoms with Gasteiger partial charge in [-0.2, -0.15) is 0 Å². The smallest absolute Gasteiger partial charge is 0.255 e. The summed E-state index contributed by atoms with van der Waals surface area (Å²) in [7, 11) is 3.05. The molecular weight excluding hydrogens is 392 g/mol. The van der Waals surface area contributed by atoms with E-state index in [1.807, 2.05) is 30.3 Å². The van der Waals surface area contributed by atoms with E-state index in [1.165, 1.54) is 14.2 Å². The summed E-state index contributed by atoms with van der Waals surface area (Å²) in [5, 5.41) is 3.21. The van der Waals surface area contributed by atoms with Crippen LogP contribution in [0.1, 0.15) is 10.4 Å². The highest BCUT2D eigenvalue weighted by atomic mass is 35.5. The topological polar surface area (TPSA) is 73.6 Å². The highest BCUT2D eigenvalue weighted by Crippen LogP contribution is 2.32. The Morgan fingerprint density at radius 1 is 1.00 bits per heavy atom. The van der Waals surface area contributed by atoms with Gasteiger partial charge in [0, 0.05) is 11.1 Å². The Morgan fingerprint density at radius 3 is 2.48 bits per heavy atom. The molecule has 0 spiro atoms. The van der Waals surface area contributed by atoms with Gasteiger partial charge in [-0.1, -0.05) is 23.7 Å². The van der Waals surface area contributed by atoms with Gasteiger partial charge in [-0.25, -0.2) is 4.98 Å². The second-order valence-electron chi connectivity index (χ2n) is 6.21. The highest BCUT2D eigenvalue weighted by molar-refractivity contribution is 6.32. The maximum atomic E-state index is 12.7. The van der Waals surface area contributed by atoms with Crippen molar-refractivity contribution in [1.82, 2.24) is 4.98 Å². The third kappa shape index (κ3) is 3.75. The molecule has 0 aliphatic carbocycles. The Hall–Kier alpha value is -3.51. The molecular formula is C22H17ClN2O4. The Kier molecular flexibility index (Phi) is 5.10. The first-order chi connectivity index (χ1) is 14.1. The fraction of sp³-hybridized carbons (Fsp3) is 0.0909. The molecule has 29 heavy (non-hydrogen) atoms. The summed E-state index contributed by atoms with van der Waals surface area (Å²) in [5.74, 6) is 1.14. The Morgan fingerprint density at radius 2 is 1.76 bits per heavy atom. The molecule has 146 valence electrons. The third-order valence-electron chi connectivity index (χ3n) is 4.40. The van der Waals surface area contributed by atoms with Crippen LogP contribution in [0.25, 0.3) is 22.6 Å². The van der Waals surface area contributed by atoms with E-state index in [-0.39, 0.29) is 5.91 Å². The zero-order chi connectivity index (χ0) is 20.4. The van der Waals surface area contributed by atoms with E-state index in [0.29, 0.717) is 44.8 Å². The van der Waals surface area contributed by atoms with Crippen LogP contribution in [-0.2, 0) is 0 Å². The lowest BCUT2D eigenvalue weighted by molar-refractivity contribution is 0.102. The van der Waals surface area contributed by atoms with Crippen LogP contribution < -0.4 is 14.8 Å². The van der Waals surface area contributed by atoms with Gasteiger partial charge in [0.25, 0.3) is 5.91 Å². The Balaban J connectivity index is 1.66. The van der Waals surface area contributed by atoms with Crippen LogP contribution in [0.2, 0.25) is 5.02 Å². The SMILES string of the molecule is COc1ccc(C(=O)Nc2cc(-c3nc4ccccc4o3)ccc2OC)cc1Cl. The quantitative estimate of drug-likeness (QED) is 0.477. The minimum Gasteiger partial charge on any atom is -0.495 e. The van der Waals surface area contributed by atoms with E-state index in [0.717, 1.165) is 5.52 Å². The van der Waals surface area contributed by atoms with Crippen molar-refractivity contribution in [2.45, 2.75) is 0 Å². The average molecular weight is 409 g/mol. The van der Waals surface area contributed by atoms with E-state index >= 15 is 0 Å². The van der Waals surface area contributed by atoms with Crippen molar-refractivity contribution < 1.29 is 18.7 Å². The lowest BCUT2D eigenvalue weighted by atomic mass is 10.1. The van der Waals surface area contributed by atoms with Crippen molar-refractivity contribution in [3.8, 4) is 23.0 Å². The molecule has 0 saturated carbocycles. The molecule has 0 bridgehead atoms. The molecule has 7 heteroatoms. The van der Waals surface area contributed by atoms with E-state index in [2.05, 4.69) is 10.3 Å². The van der Waals surface area contributed by atoms with E-state index < -0.39 is 0 Å². The van der Waals surface area contributed by atoms with Gasteiger partial charge in [0.2, 0.25) is 5.89 Å². The standard InChI is InChI=1S/C22H17ClN2O4/c1-27-18-9-7-13(11-15(18)23)21(26)24-17-12-14(8-10-19(17)28-2)22-25-16-5-3-4-6-20(16)29-22/h3-12H,1-2H3,(H,24,26). The second-order valence-corrected chi connectivity index (χ2v) is 6.61. The fourth-order valence-electron chi connectivity index (χ4n) is 2.94. The number of nitrogens with one attached hydrogen (secondary N) is 1. The van der Waals surface area contributed by atoms with Crippen LogP contribution >= 0.6 is 11.6 Å². The van der Waals surface area contributed by atoms with Crippen LogP contribution in [0.4, 0.5) is 5.69 Å². The molecule has 3 aromatic carbocycles. The predicted molar refractivity (Wildman–Crippen MR) is 112 cm³/mol. The van der Waals surface area contributed by atoms with Gasteiger partial charge in [0.1, 0.15) is 17.0 Å². The average Bonchev–Trinajstić information content (AvgIpc) is 3.18. The molecule has 1 amide bonds. The van der Waals surface area contributed by atoms with Gasteiger partial charge >= 0.3 is 0 Å². The van der Waals surface area contributed by atoms with Gasteiger partial charge in [0.15, 0.2) is 5.58 Å². The number of fused-ring (bicyclic) bond motifs is 1. The number of methoxy groups -OCH3 is 2. The van der Waals surface area contributed by atoms with Crippen LogP contribution in [-0.4, -0.2) is 25.1 Å². The van der Waals surface area contributed by atoms with Crippen molar-refractivity contribution in [2.75, 3.05) is 19.5 Å². The molecule has 0 fully saturated rings. The van der Waals surface area contributed by atoms with E-state index in [1.54, 1.807) is 30.3 Å². The highest BCUT2D eigenvalue weighted by Gasteiger charge is 2.15. The monoisotopic (exact) mass is 408 g/mol. The summed E-state index contributed by atoms with van der Waals surface area (Å²) in [6.45, 7) is 0. The number of nitrogens with zero attached hydrogens (tertiary/aromatic N) is 1. The van der Waals surface area contributed by atoms with Crippen LogP contribution in [0.5, 0.6) is 11.5 Å². The Bertz CT molecular complexity index is 1170. The maximum absolute atomic E-state index is 12.7. The number of anilines is 1. The molecule has 4 aromatic rings. The number of hydrogen-bond donors (Lipinski definition) is 1. The van der Waals surface area contributed by atoms with Crippen molar-refractivity contribution in [1.29, 1.82) is 0 Å². The molecule has 1 N–H and O–H groups in total. The second kappa shape index (κ2) is 7.85. The van der Waals surface area contributed by atoms with E-state index in [4.69, 9.17) is 25.5 Å². The molecule has 0 aliphatic rings. The summed E-state index contributed by atoms with van der Waals surface area (Å²) in [4.78, 5) is 17.2. The van der Waals surface area contributed by atoms with Crippen molar-refractivity contribution in [3.05, 3.63) is 71.2 Å². The molecule has 1 aromatic heterocycles. The van der Waals surface area contributed by atoms with Gasteiger partial charge in [-0.3, -0.25) is 4.79 Å². The number of halogens is 1. The zero-order valence-electron chi connectivity index (χ0n) is 15.7. The number of hydrogen-bond acceptors (Lipinski definition) is 5. The summed E-state index contributed by atoms with van der Waals surface area (Å²) in [6.07, 6.45) is 0. The van der Waals surface area contributed by atoms with Crippen molar-refractivity contribution >= 4 is 34.3 Å². The van der Waals surface area contributed by atoms with Crippen LogP contribution in [0.3, 0.4) is 0 Å². The van der Waals surface area contributed by atoms with E-state index in [9.17, 15) is 4.79 Å². The number of carbonyl (C=O) groups excluding carboxylic acids is 1. The molecule has 0 saturated heterocycles. The summed E-state index contributed by atoms with van der Waals surface area (Å²) < 4.78 is 16.3. The number of oxazole rings is 1. The van der Waals surface area contributed by atoms with Crippen molar-refractivity contribution in [2.24, 2.45) is 0 Å². The molecule has 4 rings (SSSR count). The number of benzene rings is 3. The summed E-state index contributed by atoms with van der Waals surface area (Å²) >= 11 is 6.13.